The van der Waals surface area contributed by atoms with Crippen LogP contribution in [0.5, 0.6) is 0 Å². The Hall–Kier alpha value is -1.48. The van der Waals surface area contributed by atoms with E-state index in [0.717, 1.165) is 24.8 Å². The number of phosphoric acid groups is 1. The summed E-state index contributed by atoms with van der Waals surface area (Å²) >= 11 is 0. The molecule has 1 aromatic carbocycles. The minimum atomic E-state index is -4.42. The number of aliphatic hydroxyl groups excluding tert-OH is 1. The molecule has 0 aliphatic rings. The van der Waals surface area contributed by atoms with Gasteiger partial charge in [0.25, 0.3) is 0 Å². The summed E-state index contributed by atoms with van der Waals surface area (Å²) in [5.41, 5.74) is 0.888. The first kappa shape index (κ1) is 40.5. The van der Waals surface area contributed by atoms with Gasteiger partial charge in [0.2, 0.25) is 0 Å². The van der Waals surface area contributed by atoms with E-state index >= 15 is 0 Å². The highest BCUT2D eigenvalue weighted by Gasteiger charge is 2.27. The summed E-state index contributed by atoms with van der Waals surface area (Å²) in [5, 5.41) is 10.3. The van der Waals surface area contributed by atoms with Crippen molar-refractivity contribution in [2.45, 2.75) is 129 Å². The number of benzene rings is 1. The summed E-state index contributed by atoms with van der Waals surface area (Å²) in [5.74, 6) is 0. The van der Waals surface area contributed by atoms with Crippen LogP contribution < -0.4 is 0 Å². The molecular weight excluding hydrogens is 579 g/mol. The number of hydrogen-bond donors (Lipinski definition) is 2. The molecule has 0 aromatic heterocycles. The average Bonchev–Trinajstić information content (AvgIpc) is 2.96. The van der Waals surface area contributed by atoms with E-state index in [9.17, 15) is 19.4 Å². The SMILES string of the molecule is CCCCCCCCCCCCCCCCCCN(CCC(O)OP(=O)(O)OCC[N+](C)(C)C)C(=O)OCc1ccccc1. The van der Waals surface area contributed by atoms with Gasteiger partial charge in [-0.2, -0.15) is 0 Å². The topological polar surface area (TPSA) is 106 Å². The standard InChI is InChI=1S/C34H63N2O7P/c1-5-6-7-8-9-10-11-12-13-14-15-16-17-18-19-23-27-35(34(38)41-31-32-24-21-20-22-25-32)28-26-33(37)43-44(39,40)42-30-29-36(2,3)4/h20-22,24-25,33,37H,5-19,23,26-31H2,1-4H3/p+1. The first-order chi connectivity index (χ1) is 21.0. The van der Waals surface area contributed by atoms with Crippen molar-refractivity contribution in [3.05, 3.63) is 35.9 Å². The maximum atomic E-state index is 12.9. The van der Waals surface area contributed by atoms with Crippen LogP contribution in [0.25, 0.3) is 0 Å². The van der Waals surface area contributed by atoms with Crippen molar-refractivity contribution in [1.29, 1.82) is 0 Å². The molecule has 0 aliphatic heterocycles. The van der Waals surface area contributed by atoms with Gasteiger partial charge in [0.1, 0.15) is 19.8 Å². The summed E-state index contributed by atoms with van der Waals surface area (Å²) in [6, 6.07) is 9.47. The van der Waals surface area contributed by atoms with Gasteiger partial charge >= 0.3 is 13.9 Å². The zero-order valence-corrected chi connectivity index (χ0v) is 29.2. The van der Waals surface area contributed by atoms with Gasteiger partial charge in [-0.3, -0.25) is 9.05 Å². The van der Waals surface area contributed by atoms with E-state index in [1.165, 1.54) is 83.5 Å². The number of carbonyl (C=O) groups is 1. The van der Waals surface area contributed by atoms with Gasteiger partial charge in [-0.25, -0.2) is 9.36 Å². The molecule has 0 saturated heterocycles. The van der Waals surface area contributed by atoms with E-state index in [1.807, 2.05) is 51.5 Å². The molecule has 0 spiro atoms. The van der Waals surface area contributed by atoms with E-state index < -0.39 is 20.2 Å². The molecule has 256 valence electrons. The molecule has 9 nitrogen and oxygen atoms in total. The Morgan fingerprint density at radius 3 is 1.82 bits per heavy atom. The first-order valence-corrected chi connectivity index (χ1v) is 18.6. The molecule has 1 aromatic rings. The molecular formula is C34H64N2O7P+. The lowest BCUT2D eigenvalue weighted by molar-refractivity contribution is -0.870. The lowest BCUT2D eigenvalue weighted by Crippen LogP contribution is -2.37. The van der Waals surface area contributed by atoms with E-state index in [0.29, 0.717) is 17.6 Å². The van der Waals surface area contributed by atoms with E-state index in [4.69, 9.17) is 13.8 Å². The fourth-order valence-corrected chi connectivity index (χ4v) is 5.68. The number of aliphatic hydroxyl groups is 1. The summed E-state index contributed by atoms with van der Waals surface area (Å²) in [6.07, 6.45) is 18.3. The summed E-state index contributed by atoms with van der Waals surface area (Å²) in [4.78, 5) is 24.4. The van der Waals surface area contributed by atoms with E-state index in [-0.39, 0.29) is 26.2 Å². The summed E-state index contributed by atoms with van der Waals surface area (Å²) in [6.45, 7) is 3.55. The van der Waals surface area contributed by atoms with Crippen molar-refractivity contribution >= 4 is 13.9 Å². The van der Waals surface area contributed by atoms with Gasteiger partial charge in [0.05, 0.1) is 21.1 Å². The molecule has 0 heterocycles. The minimum absolute atomic E-state index is 0.0151. The van der Waals surface area contributed by atoms with Crippen molar-refractivity contribution < 1.29 is 37.6 Å². The van der Waals surface area contributed by atoms with Crippen LogP contribution in [-0.4, -0.2) is 79.2 Å². The van der Waals surface area contributed by atoms with Crippen molar-refractivity contribution in [1.82, 2.24) is 4.90 Å². The number of quaternary nitrogens is 1. The normalized spacial score (nSPS) is 13.9. The quantitative estimate of drug-likeness (QED) is 0.0409. The van der Waals surface area contributed by atoms with Gasteiger partial charge in [0.15, 0.2) is 6.29 Å². The number of amides is 1. The Morgan fingerprint density at radius 1 is 0.818 bits per heavy atom. The molecule has 44 heavy (non-hydrogen) atoms. The highest BCUT2D eigenvalue weighted by atomic mass is 31.2. The fraction of sp³-hybridized carbons (Fsp3) is 0.794. The van der Waals surface area contributed by atoms with Crippen molar-refractivity contribution in [3.8, 4) is 0 Å². The highest BCUT2D eigenvalue weighted by Crippen LogP contribution is 2.44. The van der Waals surface area contributed by atoms with Crippen molar-refractivity contribution in [3.63, 3.8) is 0 Å². The Kier molecular flexibility index (Phi) is 22.8. The molecule has 0 bridgehead atoms. The third-order valence-electron chi connectivity index (χ3n) is 7.66. The Labute approximate surface area is 268 Å². The van der Waals surface area contributed by atoms with Gasteiger partial charge in [0, 0.05) is 19.5 Å². The monoisotopic (exact) mass is 643 g/mol. The fourth-order valence-electron chi connectivity index (χ4n) is 4.89. The molecule has 0 radical (unpaired) electrons. The number of likely N-dealkylation sites (N-methyl/N-ethyl adjacent to an activating group) is 1. The molecule has 0 fully saturated rings. The smallest absolute Gasteiger partial charge is 0.445 e. The lowest BCUT2D eigenvalue weighted by atomic mass is 10.0. The summed E-state index contributed by atoms with van der Waals surface area (Å²) in [7, 11) is 1.39. The van der Waals surface area contributed by atoms with Crippen LogP contribution in [0.1, 0.15) is 122 Å². The van der Waals surface area contributed by atoms with Crippen LogP contribution >= 0.6 is 7.82 Å². The maximum Gasteiger partial charge on any atom is 0.474 e. The average molecular weight is 644 g/mol. The number of ether oxygens (including phenoxy) is 1. The molecule has 0 aliphatic carbocycles. The minimum Gasteiger partial charge on any atom is -0.445 e. The van der Waals surface area contributed by atoms with Gasteiger partial charge in [-0.1, -0.05) is 134 Å². The number of nitrogens with zero attached hydrogens (tertiary/aromatic N) is 2. The Morgan fingerprint density at radius 2 is 1.32 bits per heavy atom. The largest absolute Gasteiger partial charge is 0.474 e. The van der Waals surface area contributed by atoms with Gasteiger partial charge < -0.3 is 24.1 Å². The molecule has 10 heteroatoms. The Balaban J connectivity index is 2.33. The van der Waals surface area contributed by atoms with E-state index in [2.05, 4.69) is 6.92 Å². The maximum absolute atomic E-state index is 12.9. The second kappa shape index (κ2) is 24.7. The van der Waals surface area contributed by atoms with Crippen LogP contribution in [-0.2, 0) is 25.0 Å². The predicted molar refractivity (Wildman–Crippen MR) is 178 cm³/mol. The zero-order valence-electron chi connectivity index (χ0n) is 28.3. The lowest BCUT2D eigenvalue weighted by Gasteiger charge is -2.25. The van der Waals surface area contributed by atoms with Crippen LogP contribution in [0, 0.1) is 0 Å². The predicted octanol–water partition coefficient (Wildman–Crippen LogP) is 8.44. The molecule has 1 amide bonds. The number of hydrogen-bond acceptors (Lipinski definition) is 6. The molecule has 1 rings (SSSR count). The molecule has 2 unspecified atom stereocenters. The van der Waals surface area contributed by atoms with E-state index in [1.54, 1.807) is 4.90 Å². The van der Waals surface area contributed by atoms with Crippen LogP contribution in [0.2, 0.25) is 0 Å². The second-order valence-corrected chi connectivity index (χ2v) is 14.4. The van der Waals surface area contributed by atoms with Crippen LogP contribution in [0.4, 0.5) is 4.79 Å². The van der Waals surface area contributed by atoms with Crippen LogP contribution in [0.3, 0.4) is 0 Å². The third kappa shape index (κ3) is 23.8. The molecule has 2 atom stereocenters. The number of rotatable bonds is 28. The number of unbranched alkanes of at least 4 members (excludes halogenated alkanes) is 15. The molecule has 2 N–H and O–H groups in total. The zero-order chi connectivity index (χ0) is 32.5. The van der Waals surface area contributed by atoms with Crippen LogP contribution in [0.15, 0.2) is 30.3 Å². The third-order valence-corrected chi connectivity index (χ3v) is 8.68. The number of phosphoric ester groups is 1. The highest BCUT2D eigenvalue weighted by molar-refractivity contribution is 7.47. The van der Waals surface area contributed by atoms with Crippen molar-refractivity contribution in [2.75, 3.05) is 47.4 Å². The molecule has 0 saturated carbocycles. The Bertz CT molecular complexity index is 882. The summed E-state index contributed by atoms with van der Waals surface area (Å²) < 4.78 is 28.2. The van der Waals surface area contributed by atoms with Gasteiger partial charge in [-0.15, -0.1) is 0 Å². The van der Waals surface area contributed by atoms with Crippen molar-refractivity contribution in [2.24, 2.45) is 0 Å². The van der Waals surface area contributed by atoms with Gasteiger partial charge in [-0.05, 0) is 12.0 Å². The number of carbonyl (C=O) groups excluding carboxylic acids is 1. The first-order valence-electron chi connectivity index (χ1n) is 17.1. The second-order valence-electron chi connectivity index (χ2n) is 13.0.